The van der Waals surface area contributed by atoms with Crippen molar-refractivity contribution in [3.05, 3.63) is 21.7 Å². The number of carboxylic acids is 1. The van der Waals surface area contributed by atoms with E-state index in [4.69, 9.17) is 31.9 Å². The van der Waals surface area contributed by atoms with E-state index in [1.54, 1.807) is 0 Å². The van der Waals surface area contributed by atoms with E-state index in [2.05, 4.69) is 0 Å². The maximum atomic E-state index is 11.0. The molecule has 3 N–H and O–H groups in total. The average Bonchev–Trinajstić information content (AvgIpc) is 2.47. The summed E-state index contributed by atoms with van der Waals surface area (Å²) >= 11 is 6.46. The zero-order chi connectivity index (χ0) is 15.0. The summed E-state index contributed by atoms with van der Waals surface area (Å²) < 4.78 is 11.5. The molecule has 2 heterocycles. The fourth-order valence-corrected chi connectivity index (χ4v) is 3.46. The first-order chi connectivity index (χ1) is 10.1. The van der Waals surface area contributed by atoms with Crippen LogP contribution >= 0.6 is 11.6 Å². The van der Waals surface area contributed by atoms with Crippen LogP contribution in [0.5, 0.6) is 11.5 Å². The first kappa shape index (κ1) is 14.5. The van der Waals surface area contributed by atoms with Crippen molar-refractivity contribution < 1.29 is 19.4 Å². The van der Waals surface area contributed by atoms with Crippen molar-refractivity contribution in [2.45, 2.75) is 38.1 Å². The fourth-order valence-electron chi connectivity index (χ4n) is 3.11. The lowest BCUT2D eigenvalue weighted by Crippen LogP contribution is -2.23. The van der Waals surface area contributed by atoms with E-state index < -0.39 is 12.0 Å². The summed E-state index contributed by atoms with van der Waals surface area (Å²) in [7, 11) is 0. The zero-order valence-corrected chi connectivity index (χ0v) is 12.4. The predicted octanol–water partition coefficient (Wildman–Crippen LogP) is 2.46. The summed E-state index contributed by atoms with van der Waals surface area (Å²) in [5.41, 5.74) is 8.72. The number of fused-ring (bicyclic) bond motifs is 2. The van der Waals surface area contributed by atoms with Gasteiger partial charge in [0.15, 0.2) is 0 Å². The minimum absolute atomic E-state index is 0.135. The van der Waals surface area contributed by atoms with E-state index in [0.717, 1.165) is 42.4 Å². The molecule has 114 valence electrons. The number of carboxylic acid groups (broad SMARTS) is 1. The number of ether oxygens (including phenoxy) is 2. The molecule has 0 amide bonds. The van der Waals surface area contributed by atoms with Crippen LogP contribution in [0.1, 0.15) is 42.0 Å². The van der Waals surface area contributed by atoms with Crippen LogP contribution in [-0.4, -0.2) is 24.3 Å². The normalized spacial score (nSPS) is 18.0. The van der Waals surface area contributed by atoms with Crippen molar-refractivity contribution in [1.82, 2.24) is 0 Å². The van der Waals surface area contributed by atoms with Crippen LogP contribution in [0.25, 0.3) is 0 Å². The molecule has 0 bridgehead atoms. The number of carbonyl (C=O) groups is 1. The van der Waals surface area contributed by atoms with Gasteiger partial charge in [0, 0.05) is 22.7 Å². The molecule has 2 aliphatic rings. The Hall–Kier alpha value is -1.46. The molecule has 1 aromatic carbocycles. The maximum Gasteiger partial charge on any atom is 0.305 e. The standard InChI is InChI=1S/C15H18ClNO4/c16-13-9-4-2-5-20-14(9)12(10(17)7-11(18)19)8-3-1-6-21-15(8)13/h10H,1-7,17H2,(H,18,19). The van der Waals surface area contributed by atoms with E-state index >= 15 is 0 Å². The van der Waals surface area contributed by atoms with Gasteiger partial charge in [-0.1, -0.05) is 11.6 Å². The van der Waals surface area contributed by atoms with Gasteiger partial charge in [-0.2, -0.15) is 0 Å². The van der Waals surface area contributed by atoms with Crippen LogP contribution in [-0.2, 0) is 17.6 Å². The molecule has 0 aromatic heterocycles. The Labute approximate surface area is 128 Å². The summed E-state index contributed by atoms with van der Waals surface area (Å²) in [6.07, 6.45) is 3.21. The van der Waals surface area contributed by atoms with Crippen molar-refractivity contribution in [1.29, 1.82) is 0 Å². The van der Waals surface area contributed by atoms with Crippen molar-refractivity contribution >= 4 is 17.6 Å². The van der Waals surface area contributed by atoms with E-state index in [9.17, 15) is 4.79 Å². The second-order valence-electron chi connectivity index (χ2n) is 5.45. The highest BCUT2D eigenvalue weighted by Gasteiger charge is 2.31. The van der Waals surface area contributed by atoms with Gasteiger partial charge in [-0.25, -0.2) is 0 Å². The number of rotatable bonds is 3. The zero-order valence-electron chi connectivity index (χ0n) is 11.7. The third-order valence-electron chi connectivity index (χ3n) is 3.98. The molecule has 0 saturated carbocycles. The Morgan fingerprint density at radius 3 is 2.48 bits per heavy atom. The molecule has 21 heavy (non-hydrogen) atoms. The van der Waals surface area contributed by atoms with Gasteiger partial charge in [0.2, 0.25) is 0 Å². The SMILES string of the molecule is NC(CC(=O)O)c1c2c(c(Cl)c3c1OCCC3)OCCC2. The molecule has 1 aromatic rings. The molecule has 6 heteroatoms. The Balaban J connectivity index is 2.17. The molecule has 0 saturated heterocycles. The van der Waals surface area contributed by atoms with Crippen LogP contribution in [0.2, 0.25) is 5.02 Å². The van der Waals surface area contributed by atoms with Gasteiger partial charge in [0.1, 0.15) is 11.5 Å². The van der Waals surface area contributed by atoms with Gasteiger partial charge < -0.3 is 20.3 Å². The Morgan fingerprint density at radius 1 is 1.19 bits per heavy atom. The van der Waals surface area contributed by atoms with Crippen molar-refractivity contribution in [3.8, 4) is 11.5 Å². The predicted molar refractivity (Wildman–Crippen MR) is 78.3 cm³/mol. The topological polar surface area (TPSA) is 81.8 Å². The van der Waals surface area contributed by atoms with Gasteiger partial charge in [0.05, 0.1) is 24.7 Å². The molecule has 1 unspecified atom stereocenters. The van der Waals surface area contributed by atoms with Crippen LogP contribution < -0.4 is 15.2 Å². The molecule has 0 spiro atoms. The number of hydrogen-bond donors (Lipinski definition) is 2. The first-order valence-electron chi connectivity index (χ1n) is 7.19. The van der Waals surface area contributed by atoms with Crippen molar-refractivity contribution in [2.24, 2.45) is 5.73 Å². The number of hydrogen-bond acceptors (Lipinski definition) is 4. The minimum Gasteiger partial charge on any atom is -0.493 e. The summed E-state index contributed by atoms with van der Waals surface area (Å²) in [4.78, 5) is 11.0. The lowest BCUT2D eigenvalue weighted by molar-refractivity contribution is -0.137. The van der Waals surface area contributed by atoms with E-state index in [1.807, 2.05) is 0 Å². The van der Waals surface area contributed by atoms with E-state index in [-0.39, 0.29) is 6.42 Å². The smallest absolute Gasteiger partial charge is 0.305 e. The Bertz CT molecular complexity index is 551. The van der Waals surface area contributed by atoms with Gasteiger partial charge in [-0.3, -0.25) is 4.79 Å². The quantitative estimate of drug-likeness (QED) is 0.896. The van der Waals surface area contributed by atoms with E-state index in [0.29, 0.717) is 29.7 Å². The van der Waals surface area contributed by atoms with Crippen molar-refractivity contribution in [3.63, 3.8) is 0 Å². The molecule has 5 nitrogen and oxygen atoms in total. The number of halogens is 1. The maximum absolute atomic E-state index is 11.0. The number of aliphatic carboxylic acids is 1. The van der Waals surface area contributed by atoms with Gasteiger partial charge >= 0.3 is 5.97 Å². The highest BCUT2D eigenvalue weighted by molar-refractivity contribution is 6.33. The molecule has 2 aliphatic heterocycles. The minimum atomic E-state index is -0.924. The highest BCUT2D eigenvalue weighted by atomic mass is 35.5. The molecule has 1 atom stereocenters. The Morgan fingerprint density at radius 2 is 1.81 bits per heavy atom. The third-order valence-corrected chi connectivity index (χ3v) is 4.38. The lowest BCUT2D eigenvalue weighted by atomic mass is 9.88. The van der Waals surface area contributed by atoms with Crippen LogP contribution in [0.4, 0.5) is 0 Å². The molecule has 0 fully saturated rings. The monoisotopic (exact) mass is 311 g/mol. The molecule has 3 rings (SSSR count). The van der Waals surface area contributed by atoms with Gasteiger partial charge in [0.25, 0.3) is 0 Å². The second kappa shape index (κ2) is 5.73. The van der Waals surface area contributed by atoms with Crippen LogP contribution in [0.15, 0.2) is 0 Å². The van der Waals surface area contributed by atoms with Crippen LogP contribution in [0.3, 0.4) is 0 Å². The number of benzene rings is 1. The van der Waals surface area contributed by atoms with Gasteiger partial charge in [-0.15, -0.1) is 0 Å². The summed E-state index contributed by atoms with van der Waals surface area (Å²) in [5, 5.41) is 9.63. The molecular formula is C15H18ClNO4. The van der Waals surface area contributed by atoms with Crippen LogP contribution in [0, 0.1) is 0 Å². The average molecular weight is 312 g/mol. The van der Waals surface area contributed by atoms with Gasteiger partial charge in [-0.05, 0) is 25.7 Å². The fraction of sp³-hybridized carbons (Fsp3) is 0.533. The van der Waals surface area contributed by atoms with Crippen molar-refractivity contribution in [2.75, 3.05) is 13.2 Å². The molecular weight excluding hydrogens is 294 g/mol. The summed E-state index contributed by atoms with van der Waals surface area (Å²) in [5.74, 6) is 0.430. The highest BCUT2D eigenvalue weighted by Crippen LogP contribution is 2.48. The number of nitrogens with two attached hydrogens (primary N) is 1. The largest absolute Gasteiger partial charge is 0.493 e. The summed E-state index contributed by atoms with van der Waals surface area (Å²) in [6.45, 7) is 1.23. The second-order valence-corrected chi connectivity index (χ2v) is 5.83. The molecule has 0 radical (unpaired) electrons. The lowest BCUT2D eigenvalue weighted by Gasteiger charge is -2.30. The first-order valence-corrected chi connectivity index (χ1v) is 7.57. The third kappa shape index (κ3) is 2.56. The Kier molecular flexibility index (Phi) is 3.95. The van der Waals surface area contributed by atoms with E-state index in [1.165, 1.54) is 0 Å². The molecule has 0 aliphatic carbocycles. The summed E-state index contributed by atoms with van der Waals surface area (Å²) in [6, 6.07) is -0.609.